The van der Waals surface area contributed by atoms with Crippen LogP contribution in [0.1, 0.15) is 44.7 Å². The quantitative estimate of drug-likeness (QED) is 0.0276. The van der Waals surface area contributed by atoms with Gasteiger partial charge < -0.3 is 70.8 Å². The van der Waals surface area contributed by atoms with Crippen molar-refractivity contribution in [3.05, 3.63) is 73.2 Å². The van der Waals surface area contributed by atoms with Crippen molar-refractivity contribution in [2.45, 2.75) is 94.6 Å². The number of nitrogens with two attached hydrogens (primary N) is 2. The van der Waals surface area contributed by atoms with Gasteiger partial charge in [0.15, 0.2) is 41.8 Å². The Morgan fingerprint density at radius 2 is 1.73 bits per heavy atom. The van der Waals surface area contributed by atoms with E-state index in [4.69, 9.17) is 44.0 Å². The number of aliphatic hydroxyl groups is 1. The number of urea groups is 1. The molecule has 0 spiro atoms. The molecule has 0 radical (unpaired) electrons. The lowest BCUT2D eigenvalue weighted by atomic mass is 10.0. The molecule has 456 valence electrons. The van der Waals surface area contributed by atoms with Crippen LogP contribution in [0.15, 0.2) is 67.7 Å². The number of amides is 6. The summed E-state index contributed by atoms with van der Waals surface area (Å²) < 4.78 is 101. The number of anilines is 3. The van der Waals surface area contributed by atoms with Crippen molar-refractivity contribution in [2.24, 2.45) is 17.4 Å². The topological polar surface area (TPSA) is 385 Å². The van der Waals surface area contributed by atoms with Gasteiger partial charge in [-0.15, -0.1) is 0 Å². The SMILES string of the molecule is CC(C)[C@H](N)C(=O)N[C@@H](CCCNC(N)=O)C(=O)Nc1ccc(COC(=O)N(C)CCOC(=O)N2C/C=C/CNc3ncnc4c3ccn4[C@@H]3O[C@H](CO[P@@](=O)(S)O[C@H]4[C@@H](F)[C@@H](O[C@@H]4CO)n4cnc5c2ncnc54)[C@@H](O[PH](=O)S)[C@H]3F)cc1. The summed E-state index contributed by atoms with van der Waals surface area (Å²) in [6.07, 6.45) is -6.55. The summed E-state index contributed by atoms with van der Waals surface area (Å²) in [6, 6.07) is 5.41. The number of hydrogen-bond donors (Lipinski definition) is 9. The number of nitrogens with one attached hydrogen (secondary N) is 4. The predicted octanol–water partition coefficient (Wildman–Crippen LogP) is 3.93. The summed E-state index contributed by atoms with van der Waals surface area (Å²) in [5.41, 5.74) is 12.2. The number of fused-ring (bicyclic) bond motifs is 6. The highest BCUT2D eigenvalue weighted by Gasteiger charge is 2.52. The van der Waals surface area contributed by atoms with Crippen LogP contribution in [0.4, 0.5) is 40.5 Å². The smallest absolute Gasteiger partial charge is 0.415 e. The molecule has 12 bridgehead atoms. The Labute approximate surface area is 489 Å². The minimum absolute atomic E-state index is 0.0311. The molecule has 36 heteroatoms. The highest BCUT2D eigenvalue weighted by atomic mass is 32.7. The standard InChI is InChI=1S/C48H63F2N15O15P2S2/c1-25(2)34(51)43(68)61-29(7-6-14-54-46(52)69)42(67)60-27-10-8-26(9-11-27)20-75-47(70)62(3)17-18-74-48(71)64-15-5-4-13-53-38-28-12-16-63(39(28)56-22-55-38)44-32(49)36(79-81(72)83)31(78-44)21-76-82(73,84)80-37-30(19-66)77-45(33(37)50)65-24-59-35-40(64)57-23-58-41(35)65/h4-5,8-12,16,22-25,29-34,36-37,44-45,66,81H,6-7,13-15,17-21,51H2,1-3H3,(H,60,67)(H,61,68)(H,72,83)(H,73,84)(H3,52,54,69)(H,53,55,56)/b5-4+/t29-,30+,31+,32+,33+,34-,36+,37+,44+,45+,82+/m0/s1. The minimum atomic E-state index is -4.63. The zero-order valence-electron chi connectivity index (χ0n) is 45.2. The molecule has 1 unspecified atom stereocenters. The highest BCUT2D eigenvalue weighted by molar-refractivity contribution is 8.44. The number of ether oxygens (including phenoxy) is 4. The molecule has 3 aliphatic rings. The number of imidazole rings is 1. The van der Waals surface area contributed by atoms with Crippen molar-refractivity contribution in [1.29, 1.82) is 0 Å². The number of hydrogen-bond acceptors (Lipinski definition) is 22. The average molecular weight is 1250 g/mol. The van der Waals surface area contributed by atoms with Crippen LogP contribution in [-0.2, 0) is 57.8 Å². The van der Waals surface area contributed by atoms with Crippen molar-refractivity contribution in [3.63, 3.8) is 0 Å². The summed E-state index contributed by atoms with van der Waals surface area (Å²) in [7, 11) is -1.66. The Kier molecular flexibility index (Phi) is 21.6. The second-order valence-electron chi connectivity index (χ2n) is 19.6. The predicted molar refractivity (Wildman–Crippen MR) is 304 cm³/mol. The molecule has 1 aromatic carbocycles. The molecule has 4 aromatic heterocycles. The lowest BCUT2D eigenvalue weighted by Gasteiger charge is -2.24. The van der Waals surface area contributed by atoms with E-state index in [9.17, 15) is 38.2 Å². The number of alkyl halides is 2. The Morgan fingerprint density at radius 1 is 0.988 bits per heavy atom. The van der Waals surface area contributed by atoms with Crippen LogP contribution in [0.25, 0.3) is 22.2 Å². The lowest BCUT2D eigenvalue weighted by molar-refractivity contribution is -0.128. The number of aromatic nitrogens is 7. The van der Waals surface area contributed by atoms with Crippen LogP contribution in [-0.4, -0.2) is 176 Å². The average Bonchev–Trinajstić information content (AvgIpc) is 2.39. The Balaban J connectivity index is 0.946. The number of nitrogens with zero attached hydrogens (tertiary/aromatic N) is 9. The first-order valence-corrected chi connectivity index (χ1v) is 31.4. The van der Waals surface area contributed by atoms with E-state index in [1.165, 1.54) is 29.0 Å². The number of primary amides is 1. The maximum absolute atomic E-state index is 16.6. The Bertz CT molecular complexity index is 3270. The lowest BCUT2D eigenvalue weighted by Crippen LogP contribution is -2.51. The van der Waals surface area contributed by atoms with Gasteiger partial charge in [0, 0.05) is 38.6 Å². The van der Waals surface area contributed by atoms with Crippen LogP contribution >= 0.6 is 38.5 Å². The fourth-order valence-corrected chi connectivity index (χ4v) is 11.4. The molecular formula is C48H63F2N15O15P2S2. The van der Waals surface area contributed by atoms with E-state index in [-0.39, 0.29) is 74.4 Å². The van der Waals surface area contributed by atoms with Gasteiger partial charge in [-0.2, -0.15) is 0 Å². The third-order valence-electron chi connectivity index (χ3n) is 13.5. The van der Waals surface area contributed by atoms with Gasteiger partial charge in [-0.25, -0.2) is 52.6 Å². The van der Waals surface area contributed by atoms with Gasteiger partial charge >= 0.3 is 25.0 Å². The number of carbonyl (C=O) groups excluding carboxylic acids is 5. The molecule has 3 aliphatic heterocycles. The summed E-state index contributed by atoms with van der Waals surface area (Å²) in [5, 5.41) is 21.8. The first-order chi connectivity index (χ1) is 40.1. The van der Waals surface area contributed by atoms with Crippen molar-refractivity contribution in [1.82, 2.24) is 49.6 Å². The van der Waals surface area contributed by atoms with Gasteiger partial charge in [0.25, 0.3) is 0 Å². The molecule has 84 heavy (non-hydrogen) atoms. The maximum atomic E-state index is 16.6. The molecule has 8 rings (SSSR count). The summed E-state index contributed by atoms with van der Waals surface area (Å²) in [4.78, 5) is 88.4. The Morgan fingerprint density at radius 3 is 2.45 bits per heavy atom. The number of aliphatic hydroxyl groups excluding tert-OH is 1. The molecule has 7 heterocycles. The van der Waals surface area contributed by atoms with Gasteiger partial charge in [0.05, 0.1) is 37.5 Å². The molecule has 9 N–H and O–H groups in total. The molecule has 6 amide bonds. The van der Waals surface area contributed by atoms with Crippen LogP contribution in [0.2, 0.25) is 0 Å². The molecule has 5 aromatic rings. The molecule has 0 aliphatic carbocycles. The van der Waals surface area contributed by atoms with Crippen molar-refractivity contribution in [3.8, 4) is 0 Å². The van der Waals surface area contributed by atoms with Gasteiger partial charge in [-0.05, 0) is 42.5 Å². The molecule has 30 nitrogen and oxygen atoms in total. The van der Waals surface area contributed by atoms with E-state index in [2.05, 4.69) is 70.7 Å². The fourth-order valence-electron chi connectivity index (χ4n) is 9.02. The van der Waals surface area contributed by atoms with Crippen LogP contribution < -0.4 is 37.6 Å². The van der Waals surface area contributed by atoms with Gasteiger partial charge in [-0.3, -0.25) is 32.7 Å². The van der Waals surface area contributed by atoms with Crippen molar-refractivity contribution < 1.29 is 79.5 Å². The first kappa shape index (κ1) is 63.4. The molecular weight excluding hydrogens is 1190 g/mol. The van der Waals surface area contributed by atoms with E-state index >= 15 is 8.78 Å². The zero-order valence-corrected chi connectivity index (χ0v) is 48.9. The second kappa shape index (κ2) is 28.5. The van der Waals surface area contributed by atoms with Crippen LogP contribution in [0, 0.1) is 5.92 Å². The Hall–Kier alpha value is -6.58. The third kappa shape index (κ3) is 15.5. The van der Waals surface area contributed by atoms with E-state index in [0.717, 1.165) is 22.1 Å². The highest BCUT2D eigenvalue weighted by Crippen LogP contribution is 2.57. The number of halogens is 2. The van der Waals surface area contributed by atoms with Gasteiger partial charge in [0.2, 0.25) is 19.0 Å². The van der Waals surface area contributed by atoms with Crippen LogP contribution in [0.5, 0.6) is 0 Å². The number of rotatable bonds is 17. The first-order valence-electron chi connectivity index (χ1n) is 26.1. The number of carbonyl (C=O) groups is 5. The molecule has 12 atom stereocenters. The normalized spacial score (nSPS) is 25.1. The second-order valence-corrected chi connectivity index (χ2v) is 24.3. The summed E-state index contributed by atoms with van der Waals surface area (Å²) >= 11 is 7.88. The minimum Gasteiger partial charge on any atom is -0.447 e. The van der Waals surface area contributed by atoms with Crippen molar-refractivity contribution in [2.75, 3.05) is 68.6 Å². The van der Waals surface area contributed by atoms with Gasteiger partial charge in [0.1, 0.15) is 67.8 Å². The summed E-state index contributed by atoms with van der Waals surface area (Å²) in [6.45, 7) is -3.24. The van der Waals surface area contributed by atoms with Gasteiger partial charge in [-0.1, -0.05) is 62.6 Å². The largest absolute Gasteiger partial charge is 0.447 e. The van der Waals surface area contributed by atoms with E-state index < -0.39 is 119 Å². The molecule has 2 saturated heterocycles. The number of thiol groups is 2. The van der Waals surface area contributed by atoms with Crippen LogP contribution in [0.3, 0.4) is 0 Å². The van der Waals surface area contributed by atoms with Crippen molar-refractivity contribution >= 4 is 108 Å². The summed E-state index contributed by atoms with van der Waals surface area (Å²) in [5.74, 6) is -1.01. The number of likely N-dealkylation sites (N-methyl/N-ethyl adjacent to an activating group) is 1. The monoisotopic (exact) mass is 1250 g/mol. The molecule has 0 saturated carbocycles. The third-order valence-corrected chi connectivity index (χ3v) is 15.9. The van der Waals surface area contributed by atoms with E-state index in [1.807, 2.05) is 0 Å². The van der Waals surface area contributed by atoms with E-state index in [0.29, 0.717) is 28.9 Å². The fraction of sp³-hybridized carbons (Fsp3) is 0.500. The zero-order chi connectivity index (χ0) is 60.4. The van der Waals surface area contributed by atoms with E-state index in [1.54, 1.807) is 56.3 Å². The number of benzene rings is 1. The molecule has 2 fully saturated rings. The maximum Gasteiger partial charge on any atom is 0.415 e.